The van der Waals surface area contributed by atoms with Gasteiger partial charge in [-0.15, -0.1) is 0 Å². The first-order valence-electron chi connectivity index (χ1n) is 9.02. The number of nitrogens with two attached hydrogens (primary N) is 1. The van der Waals surface area contributed by atoms with Gasteiger partial charge in [-0.3, -0.25) is 4.79 Å². The van der Waals surface area contributed by atoms with Crippen LogP contribution in [0.2, 0.25) is 0 Å². The lowest BCUT2D eigenvalue weighted by Crippen LogP contribution is -2.40. The fourth-order valence-electron chi connectivity index (χ4n) is 3.82. The van der Waals surface area contributed by atoms with E-state index in [-0.39, 0.29) is 18.1 Å². The summed E-state index contributed by atoms with van der Waals surface area (Å²) in [5.74, 6) is 1.75. The molecule has 24 heavy (non-hydrogen) atoms. The van der Waals surface area contributed by atoms with Crippen molar-refractivity contribution in [3.63, 3.8) is 0 Å². The first-order chi connectivity index (χ1) is 11.7. The quantitative estimate of drug-likeness (QED) is 0.869. The topological polar surface area (TPSA) is 64.8 Å². The van der Waals surface area contributed by atoms with Crippen molar-refractivity contribution in [1.29, 1.82) is 0 Å². The minimum atomic E-state index is 0.0115. The average molecular weight is 332 g/mol. The second kappa shape index (κ2) is 7.43. The van der Waals surface area contributed by atoms with Crippen molar-refractivity contribution in [1.82, 2.24) is 4.90 Å². The molecule has 1 aliphatic carbocycles. The smallest absolute Gasteiger partial charge is 0.231 e. The molecule has 1 aromatic carbocycles. The minimum absolute atomic E-state index is 0.0115. The van der Waals surface area contributed by atoms with Crippen molar-refractivity contribution in [2.75, 3.05) is 19.9 Å². The SMILES string of the molecule is CCN(Cc1ccc2c(c1)OCO2)C(=O)CC1(CN)CCCCC1. The second-order valence-electron chi connectivity index (χ2n) is 7.04. The van der Waals surface area contributed by atoms with Gasteiger partial charge in [0.2, 0.25) is 12.7 Å². The largest absolute Gasteiger partial charge is 0.454 e. The zero-order valence-electron chi connectivity index (χ0n) is 14.6. The van der Waals surface area contributed by atoms with Gasteiger partial charge in [-0.2, -0.15) is 0 Å². The summed E-state index contributed by atoms with van der Waals surface area (Å²) in [7, 11) is 0. The van der Waals surface area contributed by atoms with Gasteiger partial charge in [0.15, 0.2) is 11.5 Å². The third-order valence-corrected chi connectivity index (χ3v) is 5.42. The molecule has 0 atom stereocenters. The number of carbonyl (C=O) groups is 1. The highest BCUT2D eigenvalue weighted by Gasteiger charge is 2.34. The lowest BCUT2D eigenvalue weighted by Gasteiger charge is -2.37. The lowest BCUT2D eigenvalue weighted by molar-refractivity contribution is -0.134. The molecule has 0 bridgehead atoms. The van der Waals surface area contributed by atoms with Crippen LogP contribution in [0.4, 0.5) is 0 Å². The monoisotopic (exact) mass is 332 g/mol. The predicted molar refractivity (Wildman–Crippen MR) is 92.8 cm³/mol. The molecule has 0 saturated heterocycles. The molecule has 0 unspecified atom stereocenters. The van der Waals surface area contributed by atoms with E-state index in [0.29, 0.717) is 26.1 Å². The molecular weight excluding hydrogens is 304 g/mol. The van der Waals surface area contributed by atoms with E-state index in [9.17, 15) is 4.79 Å². The van der Waals surface area contributed by atoms with E-state index in [1.807, 2.05) is 30.0 Å². The Bertz CT molecular complexity index is 582. The Labute approximate surface area is 144 Å². The molecule has 1 saturated carbocycles. The number of hydrogen-bond donors (Lipinski definition) is 1. The van der Waals surface area contributed by atoms with E-state index < -0.39 is 0 Å². The maximum absolute atomic E-state index is 12.9. The van der Waals surface area contributed by atoms with E-state index in [2.05, 4.69) is 0 Å². The van der Waals surface area contributed by atoms with Crippen molar-refractivity contribution in [3.8, 4) is 11.5 Å². The summed E-state index contributed by atoms with van der Waals surface area (Å²) in [4.78, 5) is 14.8. The summed E-state index contributed by atoms with van der Waals surface area (Å²) >= 11 is 0. The first-order valence-corrected chi connectivity index (χ1v) is 9.02. The Morgan fingerprint density at radius 2 is 1.96 bits per heavy atom. The summed E-state index contributed by atoms with van der Waals surface area (Å²) in [5, 5.41) is 0. The summed E-state index contributed by atoms with van der Waals surface area (Å²) in [6, 6.07) is 5.89. The predicted octanol–water partition coefficient (Wildman–Crippen LogP) is 3.06. The van der Waals surface area contributed by atoms with Gasteiger partial charge in [-0.1, -0.05) is 25.3 Å². The van der Waals surface area contributed by atoms with Crippen LogP contribution >= 0.6 is 0 Å². The molecule has 5 nitrogen and oxygen atoms in total. The van der Waals surface area contributed by atoms with Crippen LogP contribution < -0.4 is 15.2 Å². The zero-order valence-corrected chi connectivity index (χ0v) is 14.6. The van der Waals surface area contributed by atoms with Crippen molar-refractivity contribution < 1.29 is 14.3 Å². The number of carbonyl (C=O) groups excluding carboxylic acids is 1. The zero-order chi connectivity index (χ0) is 17.0. The second-order valence-corrected chi connectivity index (χ2v) is 7.04. The molecule has 3 rings (SSSR count). The Morgan fingerprint density at radius 1 is 1.21 bits per heavy atom. The molecule has 0 radical (unpaired) electrons. The van der Waals surface area contributed by atoms with Gasteiger partial charge in [0.1, 0.15) is 0 Å². The molecule has 2 aliphatic rings. The van der Waals surface area contributed by atoms with E-state index >= 15 is 0 Å². The molecule has 1 heterocycles. The summed E-state index contributed by atoms with van der Waals surface area (Å²) in [6.07, 6.45) is 6.39. The van der Waals surface area contributed by atoms with Crippen LogP contribution in [0, 0.1) is 5.41 Å². The van der Waals surface area contributed by atoms with Gasteiger partial charge in [-0.25, -0.2) is 0 Å². The van der Waals surface area contributed by atoms with Gasteiger partial charge in [0, 0.05) is 19.5 Å². The van der Waals surface area contributed by atoms with Gasteiger partial charge < -0.3 is 20.1 Å². The molecule has 0 aromatic heterocycles. The highest BCUT2D eigenvalue weighted by atomic mass is 16.7. The maximum Gasteiger partial charge on any atom is 0.231 e. The highest BCUT2D eigenvalue weighted by molar-refractivity contribution is 5.77. The van der Waals surface area contributed by atoms with Gasteiger partial charge >= 0.3 is 0 Å². The minimum Gasteiger partial charge on any atom is -0.454 e. The van der Waals surface area contributed by atoms with Crippen LogP contribution in [0.1, 0.15) is 51.0 Å². The van der Waals surface area contributed by atoms with Crippen LogP contribution in [-0.4, -0.2) is 30.7 Å². The fourth-order valence-corrected chi connectivity index (χ4v) is 3.82. The van der Waals surface area contributed by atoms with E-state index in [1.54, 1.807) is 0 Å². The molecule has 132 valence electrons. The first kappa shape index (κ1) is 17.1. The van der Waals surface area contributed by atoms with Gasteiger partial charge in [0.05, 0.1) is 0 Å². The number of rotatable bonds is 6. The van der Waals surface area contributed by atoms with Crippen molar-refractivity contribution in [3.05, 3.63) is 23.8 Å². The third-order valence-electron chi connectivity index (χ3n) is 5.42. The molecule has 1 amide bonds. The molecule has 1 aliphatic heterocycles. The standard InChI is InChI=1S/C19H28N2O3/c1-2-21(12-15-6-7-16-17(10-15)24-14-23-16)18(22)11-19(13-20)8-4-3-5-9-19/h6-7,10H,2-5,8-9,11-14,20H2,1H3. The summed E-state index contributed by atoms with van der Waals surface area (Å²) < 4.78 is 10.8. The normalized spacial score (nSPS) is 18.4. The summed E-state index contributed by atoms with van der Waals surface area (Å²) in [6.45, 7) is 4.22. The lowest BCUT2D eigenvalue weighted by atomic mass is 9.71. The van der Waals surface area contributed by atoms with Crippen molar-refractivity contribution in [2.24, 2.45) is 11.1 Å². The Hall–Kier alpha value is -1.75. The summed E-state index contributed by atoms with van der Waals surface area (Å²) in [5.41, 5.74) is 7.12. The number of benzene rings is 1. The van der Waals surface area contributed by atoms with Crippen LogP contribution in [-0.2, 0) is 11.3 Å². The number of fused-ring (bicyclic) bond motifs is 1. The van der Waals surface area contributed by atoms with Gasteiger partial charge in [0.25, 0.3) is 0 Å². The van der Waals surface area contributed by atoms with Crippen LogP contribution in [0.3, 0.4) is 0 Å². The number of hydrogen-bond acceptors (Lipinski definition) is 4. The highest BCUT2D eigenvalue weighted by Crippen LogP contribution is 2.39. The van der Waals surface area contributed by atoms with Gasteiger partial charge in [-0.05, 0) is 49.4 Å². The molecule has 2 N–H and O–H groups in total. The molecule has 5 heteroatoms. The van der Waals surface area contributed by atoms with E-state index in [4.69, 9.17) is 15.2 Å². The number of nitrogens with zero attached hydrogens (tertiary/aromatic N) is 1. The fraction of sp³-hybridized carbons (Fsp3) is 0.632. The third kappa shape index (κ3) is 3.66. The molecule has 0 spiro atoms. The van der Waals surface area contributed by atoms with Crippen LogP contribution in [0.5, 0.6) is 11.5 Å². The number of ether oxygens (including phenoxy) is 2. The Kier molecular flexibility index (Phi) is 5.29. The molecular formula is C19H28N2O3. The van der Waals surface area contributed by atoms with Crippen molar-refractivity contribution in [2.45, 2.75) is 52.0 Å². The van der Waals surface area contributed by atoms with E-state index in [0.717, 1.165) is 29.9 Å². The molecule has 1 fully saturated rings. The number of amides is 1. The van der Waals surface area contributed by atoms with Crippen LogP contribution in [0.15, 0.2) is 18.2 Å². The maximum atomic E-state index is 12.9. The van der Waals surface area contributed by atoms with Crippen molar-refractivity contribution >= 4 is 5.91 Å². The Balaban J connectivity index is 1.65. The molecule has 1 aromatic rings. The average Bonchev–Trinajstić information content (AvgIpc) is 3.08. The Morgan fingerprint density at radius 3 is 2.67 bits per heavy atom. The van der Waals surface area contributed by atoms with Crippen LogP contribution in [0.25, 0.3) is 0 Å². The van der Waals surface area contributed by atoms with E-state index in [1.165, 1.54) is 19.3 Å².